The lowest BCUT2D eigenvalue weighted by Gasteiger charge is -2.25. The maximum Gasteiger partial charge on any atom is 0.417 e. The molecule has 124 valence electrons. The molecular formula is C18H19F3O2. The Hall–Kier alpha value is -1.85. The molecule has 23 heavy (non-hydrogen) atoms. The summed E-state index contributed by atoms with van der Waals surface area (Å²) in [5.41, 5.74) is 1.17. The molecule has 0 bridgehead atoms. The van der Waals surface area contributed by atoms with Gasteiger partial charge in [0.2, 0.25) is 0 Å². The lowest BCUT2D eigenvalue weighted by molar-refractivity contribution is -0.238. The second kappa shape index (κ2) is 8.13. The quantitative estimate of drug-likeness (QED) is 0.822. The molecule has 0 amide bonds. The summed E-state index contributed by atoms with van der Waals surface area (Å²) in [5, 5.41) is 9.60. The molecule has 2 aromatic rings. The first-order valence-corrected chi connectivity index (χ1v) is 7.29. The second-order valence-corrected chi connectivity index (χ2v) is 5.14. The predicted molar refractivity (Wildman–Crippen MR) is 82.0 cm³/mol. The second-order valence-electron chi connectivity index (χ2n) is 5.14. The Balaban J connectivity index is 2.04. The minimum Gasteiger partial charge on any atom is -0.381 e. The molecule has 0 saturated heterocycles. The van der Waals surface area contributed by atoms with Crippen LogP contribution in [0.1, 0.15) is 25.0 Å². The van der Waals surface area contributed by atoms with Crippen LogP contribution in [0.3, 0.4) is 0 Å². The standard InChI is InChI=1S/C18H19F3O2/c19-18(20,21)17(22)16(15-11-5-2-6-12-15)23-13-7-10-14-8-3-1-4-9-14/h1-6,8-9,11-12,16-17,22H,7,10,13H2/t16-,17-/m0/s1/i13D/t13-,16+,17+/m1. The Morgan fingerprint density at radius 3 is 2.13 bits per heavy atom. The van der Waals surface area contributed by atoms with E-state index in [1.54, 1.807) is 18.2 Å². The van der Waals surface area contributed by atoms with E-state index >= 15 is 0 Å². The fourth-order valence-electron chi connectivity index (χ4n) is 2.19. The third kappa shape index (κ3) is 5.37. The van der Waals surface area contributed by atoms with E-state index in [0.29, 0.717) is 6.42 Å². The molecular weight excluding hydrogens is 305 g/mol. The van der Waals surface area contributed by atoms with Crippen LogP contribution >= 0.6 is 0 Å². The van der Waals surface area contributed by atoms with Gasteiger partial charge in [0.05, 0.1) is 1.37 Å². The van der Waals surface area contributed by atoms with E-state index in [9.17, 15) is 18.3 Å². The highest BCUT2D eigenvalue weighted by molar-refractivity contribution is 5.19. The van der Waals surface area contributed by atoms with Crippen molar-refractivity contribution in [3.63, 3.8) is 0 Å². The van der Waals surface area contributed by atoms with Gasteiger partial charge in [-0.2, -0.15) is 13.2 Å². The van der Waals surface area contributed by atoms with Crippen LogP contribution in [-0.4, -0.2) is 24.0 Å². The minimum atomic E-state index is -4.82. The number of hydrogen-bond donors (Lipinski definition) is 1. The van der Waals surface area contributed by atoms with Crippen LogP contribution < -0.4 is 0 Å². The number of alkyl halides is 3. The molecule has 0 aromatic heterocycles. The average Bonchev–Trinajstić information content (AvgIpc) is 2.58. The van der Waals surface area contributed by atoms with E-state index in [1.807, 2.05) is 30.3 Å². The van der Waals surface area contributed by atoms with Crippen LogP contribution in [0.25, 0.3) is 0 Å². The van der Waals surface area contributed by atoms with Crippen LogP contribution in [0.2, 0.25) is 0 Å². The zero-order chi connectivity index (χ0) is 17.6. The van der Waals surface area contributed by atoms with E-state index in [-0.39, 0.29) is 12.0 Å². The van der Waals surface area contributed by atoms with Crippen molar-refractivity contribution in [1.29, 1.82) is 0 Å². The fourth-order valence-corrected chi connectivity index (χ4v) is 2.19. The largest absolute Gasteiger partial charge is 0.417 e. The van der Waals surface area contributed by atoms with Gasteiger partial charge < -0.3 is 9.84 Å². The first kappa shape index (κ1) is 16.0. The Morgan fingerprint density at radius 1 is 1.00 bits per heavy atom. The van der Waals surface area contributed by atoms with E-state index < -0.39 is 25.0 Å². The highest BCUT2D eigenvalue weighted by Crippen LogP contribution is 2.32. The molecule has 5 heteroatoms. The average molecular weight is 325 g/mol. The summed E-state index contributed by atoms with van der Waals surface area (Å²) in [7, 11) is 0. The third-order valence-electron chi connectivity index (χ3n) is 3.39. The molecule has 2 nitrogen and oxygen atoms in total. The Bertz CT molecular complexity index is 605. The van der Waals surface area contributed by atoms with Crippen molar-refractivity contribution in [2.75, 3.05) is 6.58 Å². The van der Waals surface area contributed by atoms with Gasteiger partial charge in [-0.05, 0) is 24.0 Å². The molecule has 0 unspecified atom stereocenters. The van der Waals surface area contributed by atoms with Crippen LogP contribution in [0.5, 0.6) is 0 Å². The SMILES string of the molecule is [2H][C@H](CCc1ccccc1)O[C@@H](c1ccccc1)[C@H](O)C(F)(F)F. The molecule has 0 spiro atoms. The van der Waals surface area contributed by atoms with Crippen molar-refractivity contribution < 1.29 is 24.4 Å². The number of aliphatic hydroxyl groups excluding tert-OH is 1. The van der Waals surface area contributed by atoms with Gasteiger partial charge in [0.15, 0.2) is 6.10 Å². The molecule has 0 aliphatic heterocycles. The molecule has 0 heterocycles. The molecule has 0 aliphatic rings. The maximum atomic E-state index is 12.9. The van der Waals surface area contributed by atoms with E-state index in [0.717, 1.165) is 5.56 Å². The number of ether oxygens (including phenoxy) is 1. The minimum absolute atomic E-state index is 0.194. The first-order valence-electron chi connectivity index (χ1n) is 7.87. The van der Waals surface area contributed by atoms with Gasteiger partial charge >= 0.3 is 6.18 Å². The Kier molecular flexibility index (Phi) is 5.66. The Morgan fingerprint density at radius 2 is 1.57 bits per heavy atom. The van der Waals surface area contributed by atoms with Crippen LogP contribution in [-0.2, 0) is 11.2 Å². The summed E-state index contributed by atoms with van der Waals surface area (Å²) in [5.74, 6) is 0. The van der Waals surface area contributed by atoms with Crippen molar-refractivity contribution in [3.05, 3.63) is 71.8 Å². The molecule has 0 aliphatic carbocycles. The van der Waals surface area contributed by atoms with Gasteiger partial charge in [-0.1, -0.05) is 60.7 Å². The molecule has 0 saturated carbocycles. The summed E-state index contributed by atoms with van der Waals surface area (Å²) in [4.78, 5) is 0. The van der Waals surface area contributed by atoms with Gasteiger partial charge in [-0.3, -0.25) is 0 Å². The molecule has 2 aromatic carbocycles. The van der Waals surface area contributed by atoms with Crippen molar-refractivity contribution in [1.82, 2.24) is 0 Å². The topological polar surface area (TPSA) is 29.5 Å². The third-order valence-corrected chi connectivity index (χ3v) is 3.39. The molecule has 3 atom stereocenters. The van der Waals surface area contributed by atoms with Gasteiger partial charge in [0, 0.05) is 6.58 Å². The number of rotatable bonds is 7. The zero-order valence-corrected chi connectivity index (χ0v) is 12.4. The van der Waals surface area contributed by atoms with E-state index in [4.69, 9.17) is 6.11 Å². The van der Waals surface area contributed by atoms with Gasteiger partial charge in [-0.15, -0.1) is 0 Å². The zero-order valence-electron chi connectivity index (χ0n) is 13.4. The van der Waals surface area contributed by atoms with Crippen molar-refractivity contribution >= 4 is 0 Å². The summed E-state index contributed by atoms with van der Waals surface area (Å²) >= 11 is 0. The lowest BCUT2D eigenvalue weighted by atomic mass is 10.0. The van der Waals surface area contributed by atoms with Crippen molar-refractivity contribution in [2.45, 2.75) is 31.2 Å². The van der Waals surface area contributed by atoms with E-state index in [2.05, 4.69) is 0 Å². The van der Waals surface area contributed by atoms with Crippen LogP contribution in [0.4, 0.5) is 13.2 Å². The first-order chi connectivity index (χ1) is 11.4. The summed E-state index contributed by atoms with van der Waals surface area (Å²) in [6, 6.07) is 17.0. The van der Waals surface area contributed by atoms with Crippen molar-refractivity contribution in [3.8, 4) is 0 Å². The maximum absolute atomic E-state index is 12.9. The molecule has 0 fully saturated rings. The summed E-state index contributed by atoms with van der Waals surface area (Å²) in [6.45, 7) is -1.17. The molecule has 2 rings (SSSR count). The van der Waals surface area contributed by atoms with Crippen LogP contribution in [0, 0.1) is 0 Å². The van der Waals surface area contributed by atoms with E-state index in [1.165, 1.54) is 12.1 Å². The fraction of sp³-hybridized carbons (Fsp3) is 0.333. The molecule has 0 radical (unpaired) electrons. The number of aryl methyl sites for hydroxylation is 1. The van der Waals surface area contributed by atoms with Gasteiger partial charge in [-0.25, -0.2) is 0 Å². The van der Waals surface area contributed by atoms with Gasteiger partial charge in [0.25, 0.3) is 0 Å². The smallest absolute Gasteiger partial charge is 0.381 e. The Labute approximate surface area is 134 Å². The highest BCUT2D eigenvalue weighted by Gasteiger charge is 2.44. The lowest BCUT2D eigenvalue weighted by Crippen LogP contribution is -2.36. The number of aliphatic hydroxyl groups is 1. The van der Waals surface area contributed by atoms with Crippen molar-refractivity contribution in [2.24, 2.45) is 0 Å². The number of hydrogen-bond acceptors (Lipinski definition) is 2. The summed E-state index contributed by atoms with van der Waals surface area (Å²) < 4.78 is 51.8. The van der Waals surface area contributed by atoms with Gasteiger partial charge in [0.1, 0.15) is 6.10 Å². The normalized spacial score (nSPS) is 16.4. The molecule has 1 N–H and O–H groups in total. The number of benzene rings is 2. The summed E-state index contributed by atoms with van der Waals surface area (Å²) in [6.07, 6.45) is -8.37. The monoisotopic (exact) mass is 325 g/mol. The predicted octanol–water partition coefficient (Wildman–Crippen LogP) is 4.30. The number of halogens is 3. The van der Waals surface area contributed by atoms with Crippen LogP contribution in [0.15, 0.2) is 60.7 Å². The highest BCUT2D eigenvalue weighted by atomic mass is 19.4.